The molecule has 0 unspecified atom stereocenters. The van der Waals surface area contributed by atoms with E-state index in [0.717, 1.165) is 24.6 Å². The fourth-order valence-electron chi connectivity index (χ4n) is 2.01. The molecule has 3 heterocycles. The van der Waals surface area contributed by atoms with Gasteiger partial charge in [-0.3, -0.25) is 4.79 Å². The summed E-state index contributed by atoms with van der Waals surface area (Å²) in [5.41, 5.74) is 1.36. The summed E-state index contributed by atoms with van der Waals surface area (Å²) in [5, 5.41) is 0. The second-order valence-electron chi connectivity index (χ2n) is 3.99. The van der Waals surface area contributed by atoms with Crippen LogP contribution in [0.3, 0.4) is 0 Å². The second-order valence-corrected chi connectivity index (χ2v) is 3.99. The minimum absolute atomic E-state index is 0.120. The van der Waals surface area contributed by atoms with Crippen LogP contribution in [0.15, 0.2) is 23.1 Å². The van der Waals surface area contributed by atoms with E-state index in [1.165, 1.54) is 18.9 Å². The van der Waals surface area contributed by atoms with Gasteiger partial charge in [-0.25, -0.2) is 9.97 Å². The summed E-state index contributed by atoms with van der Waals surface area (Å²) < 4.78 is 0. The maximum atomic E-state index is 11.1. The molecular weight excluding hydrogens is 204 g/mol. The van der Waals surface area contributed by atoms with Crippen molar-refractivity contribution in [3.05, 3.63) is 28.7 Å². The summed E-state index contributed by atoms with van der Waals surface area (Å²) >= 11 is 0. The van der Waals surface area contributed by atoms with Crippen LogP contribution in [0.5, 0.6) is 0 Å². The van der Waals surface area contributed by atoms with E-state index < -0.39 is 0 Å². The van der Waals surface area contributed by atoms with E-state index in [2.05, 4.69) is 19.9 Å². The van der Waals surface area contributed by atoms with Gasteiger partial charge in [0.25, 0.3) is 0 Å². The Labute approximate surface area is 92.1 Å². The number of aromatic amines is 1. The van der Waals surface area contributed by atoms with Crippen LogP contribution in [0.2, 0.25) is 0 Å². The molecule has 1 aliphatic heterocycles. The molecule has 1 fully saturated rings. The second kappa shape index (κ2) is 3.59. The number of nitrogens with one attached hydrogen (secondary N) is 1. The average molecular weight is 216 g/mol. The first-order chi connectivity index (χ1) is 7.83. The molecule has 0 aromatic carbocycles. The van der Waals surface area contributed by atoms with Crippen molar-refractivity contribution < 1.29 is 0 Å². The summed E-state index contributed by atoms with van der Waals surface area (Å²) in [5.74, 6) is 0.761. The number of rotatable bonds is 1. The fraction of sp³-hybridized carbons (Fsp3) is 0.364. The van der Waals surface area contributed by atoms with Crippen LogP contribution >= 0.6 is 0 Å². The Kier molecular flexibility index (Phi) is 2.09. The Balaban J connectivity index is 2.08. The molecule has 0 amide bonds. The van der Waals surface area contributed by atoms with Gasteiger partial charge in [0.05, 0.1) is 17.2 Å². The highest BCUT2D eigenvalue weighted by molar-refractivity contribution is 5.73. The van der Waals surface area contributed by atoms with Crippen LogP contribution in [0.1, 0.15) is 12.8 Å². The summed E-state index contributed by atoms with van der Waals surface area (Å²) in [6.07, 6.45) is 4.08. The van der Waals surface area contributed by atoms with E-state index in [1.807, 2.05) is 0 Å². The number of pyridine rings is 1. The quantitative estimate of drug-likeness (QED) is 0.770. The summed E-state index contributed by atoms with van der Waals surface area (Å²) in [6.45, 7) is 2.05. The first-order valence-corrected chi connectivity index (χ1v) is 5.44. The Hall–Kier alpha value is -1.91. The zero-order chi connectivity index (χ0) is 11.0. The molecule has 1 saturated heterocycles. The number of aromatic nitrogens is 3. The highest BCUT2D eigenvalue weighted by Crippen LogP contribution is 2.16. The van der Waals surface area contributed by atoms with E-state index in [-0.39, 0.29) is 5.56 Å². The third kappa shape index (κ3) is 1.54. The smallest absolute Gasteiger partial charge is 0.248 e. The molecule has 2 aromatic rings. The average Bonchev–Trinajstić information content (AvgIpc) is 2.82. The number of H-pyrrole nitrogens is 1. The summed E-state index contributed by atoms with van der Waals surface area (Å²) in [4.78, 5) is 24.7. The van der Waals surface area contributed by atoms with Crippen molar-refractivity contribution in [2.75, 3.05) is 18.0 Å². The van der Waals surface area contributed by atoms with Crippen molar-refractivity contribution in [2.24, 2.45) is 0 Å². The number of anilines is 1. The van der Waals surface area contributed by atoms with Gasteiger partial charge < -0.3 is 9.88 Å². The summed E-state index contributed by atoms with van der Waals surface area (Å²) in [6, 6.07) is 3.22. The third-order valence-corrected chi connectivity index (χ3v) is 2.84. The Morgan fingerprint density at radius 2 is 2.06 bits per heavy atom. The molecule has 1 aliphatic rings. The molecule has 0 saturated carbocycles. The molecule has 5 heteroatoms. The highest BCUT2D eigenvalue weighted by Gasteiger charge is 2.14. The molecule has 0 radical (unpaired) electrons. The standard InChI is InChI=1S/C11H12N4O/c16-10-4-3-8-9(13-10)7-12-11(14-8)15-5-1-2-6-15/h3-4,7H,1-2,5-6H2,(H,13,16). The van der Waals surface area contributed by atoms with Crippen LogP contribution in [0.4, 0.5) is 5.95 Å². The van der Waals surface area contributed by atoms with Gasteiger partial charge in [-0.05, 0) is 18.9 Å². The van der Waals surface area contributed by atoms with Crippen molar-refractivity contribution >= 4 is 17.0 Å². The molecule has 3 rings (SSSR count). The van der Waals surface area contributed by atoms with E-state index in [1.54, 1.807) is 12.3 Å². The maximum Gasteiger partial charge on any atom is 0.248 e. The Bertz CT molecular complexity index is 571. The first-order valence-electron chi connectivity index (χ1n) is 5.44. The lowest BCUT2D eigenvalue weighted by atomic mass is 10.4. The van der Waals surface area contributed by atoms with Crippen molar-refractivity contribution in [1.29, 1.82) is 0 Å². The SMILES string of the molecule is O=c1ccc2nc(N3CCCC3)ncc2[nH]1. The largest absolute Gasteiger partial charge is 0.341 e. The zero-order valence-corrected chi connectivity index (χ0v) is 8.81. The van der Waals surface area contributed by atoms with Gasteiger partial charge in [0, 0.05) is 19.2 Å². The van der Waals surface area contributed by atoms with E-state index in [0.29, 0.717) is 5.52 Å². The lowest BCUT2D eigenvalue weighted by Gasteiger charge is -2.14. The number of hydrogen-bond donors (Lipinski definition) is 1. The molecule has 5 nitrogen and oxygen atoms in total. The van der Waals surface area contributed by atoms with Gasteiger partial charge in [-0.15, -0.1) is 0 Å². The van der Waals surface area contributed by atoms with Gasteiger partial charge in [0.1, 0.15) is 0 Å². The predicted molar refractivity (Wildman–Crippen MR) is 61.6 cm³/mol. The van der Waals surface area contributed by atoms with Gasteiger partial charge >= 0.3 is 0 Å². The predicted octanol–water partition coefficient (Wildman–Crippen LogP) is 0.918. The van der Waals surface area contributed by atoms with Crippen LogP contribution in [0.25, 0.3) is 11.0 Å². The molecule has 2 aromatic heterocycles. The monoisotopic (exact) mass is 216 g/mol. The van der Waals surface area contributed by atoms with Crippen molar-refractivity contribution in [3.8, 4) is 0 Å². The van der Waals surface area contributed by atoms with E-state index >= 15 is 0 Å². The van der Waals surface area contributed by atoms with Crippen molar-refractivity contribution in [1.82, 2.24) is 15.0 Å². The van der Waals surface area contributed by atoms with E-state index in [9.17, 15) is 4.79 Å². The highest BCUT2D eigenvalue weighted by atomic mass is 16.1. The first kappa shape index (κ1) is 9.33. The van der Waals surface area contributed by atoms with Crippen LogP contribution in [-0.2, 0) is 0 Å². The molecule has 0 aliphatic carbocycles. The van der Waals surface area contributed by atoms with Crippen LogP contribution < -0.4 is 10.5 Å². The summed E-state index contributed by atoms with van der Waals surface area (Å²) in [7, 11) is 0. The molecule has 82 valence electrons. The normalized spacial score (nSPS) is 15.9. The molecule has 0 spiro atoms. The lowest BCUT2D eigenvalue weighted by molar-refractivity contribution is 0.906. The Morgan fingerprint density at radius 1 is 1.25 bits per heavy atom. The third-order valence-electron chi connectivity index (χ3n) is 2.84. The molecule has 1 N–H and O–H groups in total. The minimum atomic E-state index is -0.120. The number of nitrogens with zero attached hydrogens (tertiary/aromatic N) is 3. The minimum Gasteiger partial charge on any atom is -0.341 e. The molecule has 0 bridgehead atoms. The van der Waals surface area contributed by atoms with Gasteiger partial charge in [-0.1, -0.05) is 0 Å². The molecular formula is C11H12N4O. The lowest BCUT2D eigenvalue weighted by Crippen LogP contribution is -2.20. The fourth-order valence-corrected chi connectivity index (χ4v) is 2.01. The van der Waals surface area contributed by atoms with Crippen LogP contribution in [-0.4, -0.2) is 28.0 Å². The van der Waals surface area contributed by atoms with E-state index in [4.69, 9.17) is 0 Å². The number of fused-ring (bicyclic) bond motifs is 1. The maximum absolute atomic E-state index is 11.1. The molecule has 0 atom stereocenters. The topological polar surface area (TPSA) is 61.9 Å². The number of hydrogen-bond acceptors (Lipinski definition) is 4. The van der Waals surface area contributed by atoms with Gasteiger partial charge in [0.2, 0.25) is 11.5 Å². The van der Waals surface area contributed by atoms with Crippen molar-refractivity contribution in [2.45, 2.75) is 12.8 Å². The zero-order valence-electron chi connectivity index (χ0n) is 8.81. The van der Waals surface area contributed by atoms with Gasteiger partial charge in [-0.2, -0.15) is 0 Å². The Morgan fingerprint density at radius 3 is 2.88 bits per heavy atom. The van der Waals surface area contributed by atoms with Crippen molar-refractivity contribution in [3.63, 3.8) is 0 Å². The van der Waals surface area contributed by atoms with Gasteiger partial charge in [0.15, 0.2) is 0 Å². The van der Waals surface area contributed by atoms with Crippen LogP contribution in [0, 0.1) is 0 Å². The molecule has 16 heavy (non-hydrogen) atoms.